The summed E-state index contributed by atoms with van der Waals surface area (Å²) in [6, 6.07) is 5.27. The van der Waals surface area contributed by atoms with E-state index in [-0.39, 0.29) is 6.61 Å². The van der Waals surface area contributed by atoms with Gasteiger partial charge >= 0.3 is 6.18 Å². The van der Waals surface area contributed by atoms with Crippen molar-refractivity contribution >= 4 is 0 Å². The third kappa shape index (κ3) is 5.20. The van der Waals surface area contributed by atoms with E-state index < -0.39 is 18.8 Å². The molecule has 5 heteroatoms. The molecule has 1 atom stereocenters. The van der Waals surface area contributed by atoms with Crippen molar-refractivity contribution in [3.8, 4) is 0 Å². The highest BCUT2D eigenvalue weighted by Gasteiger charge is 2.27. The van der Waals surface area contributed by atoms with Gasteiger partial charge in [-0.3, -0.25) is 0 Å². The summed E-state index contributed by atoms with van der Waals surface area (Å²) in [6.07, 6.45) is -2.49. The topological polar surface area (TPSA) is 35.2 Å². The smallest absolute Gasteiger partial charge is 0.370 e. The average molecular weight is 275 g/mol. The van der Waals surface area contributed by atoms with Crippen molar-refractivity contribution < 1.29 is 17.9 Å². The van der Waals surface area contributed by atoms with E-state index in [1.807, 2.05) is 25.1 Å². The summed E-state index contributed by atoms with van der Waals surface area (Å²) in [7, 11) is 0. The minimum Gasteiger partial charge on any atom is -0.370 e. The molecule has 2 N–H and O–H groups in total. The van der Waals surface area contributed by atoms with E-state index in [9.17, 15) is 13.2 Å². The van der Waals surface area contributed by atoms with Crippen LogP contribution in [0.5, 0.6) is 0 Å². The lowest BCUT2D eigenvalue weighted by molar-refractivity contribution is -0.174. The van der Waals surface area contributed by atoms with Gasteiger partial charge < -0.3 is 10.5 Å². The van der Waals surface area contributed by atoms with E-state index in [4.69, 9.17) is 5.73 Å². The lowest BCUT2D eigenvalue weighted by Crippen LogP contribution is -2.23. The van der Waals surface area contributed by atoms with Crippen molar-refractivity contribution in [2.75, 3.05) is 13.2 Å². The van der Waals surface area contributed by atoms with E-state index in [0.717, 1.165) is 18.4 Å². The van der Waals surface area contributed by atoms with Gasteiger partial charge in [-0.1, -0.05) is 32.0 Å². The molecule has 1 aromatic rings. The molecular weight excluding hydrogens is 255 g/mol. The largest absolute Gasteiger partial charge is 0.411 e. The quantitative estimate of drug-likeness (QED) is 0.863. The van der Waals surface area contributed by atoms with Crippen molar-refractivity contribution in [3.63, 3.8) is 0 Å². The van der Waals surface area contributed by atoms with Crippen molar-refractivity contribution in [3.05, 3.63) is 34.9 Å². The van der Waals surface area contributed by atoms with Gasteiger partial charge in [0.25, 0.3) is 0 Å². The summed E-state index contributed by atoms with van der Waals surface area (Å²) in [4.78, 5) is 0. The minimum absolute atomic E-state index is 0.131. The molecule has 1 unspecified atom stereocenters. The first-order valence-corrected chi connectivity index (χ1v) is 6.39. The zero-order chi connectivity index (χ0) is 14.5. The van der Waals surface area contributed by atoms with Gasteiger partial charge in [0.15, 0.2) is 0 Å². The lowest BCUT2D eigenvalue weighted by Gasteiger charge is -2.16. The molecule has 1 rings (SSSR count). The molecule has 0 bridgehead atoms. The molecule has 0 fully saturated rings. The minimum atomic E-state index is -4.31. The average Bonchev–Trinajstić information content (AvgIpc) is 2.36. The van der Waals surface area contributed by atoms with E-state index in [1.165, 1.54) is 11.1 Å². The second kappa shape index (κ2) is 6.91. The van der Waals surface area contributed by atoms with Crippen LogP contribution in [0.1, 0.15) is 36.6 Å². The van der Waals surface area contributed by atoms with Crippen molar-refractivity contribution in [1.82, 2.24) is 0 Å². The molecule has 0 amide bonds. The number of aryl methyl sites for hydroxylation is 2. The Hall–Kier alpha value is -1.07. The van der Waals surface area contributed by atoms with Gasteiger partial charge in [-0.25, -0.2) is 0 Å². The van der Waals surface area contributed by atoms with Gasteiger partial charge in [0.1, 0.15) is 6.61 Å². The summed E-state index contributed by atoms with van der Waals surface area (Å²) in [5.41, 5.74) is 9.09. The molecule has 0 aliphatic carbocycles. The van der Waals surface area contributed by atoms with E-state index in [2.05, 4.69) is 11.7 Å². The first-order chi connectivity index (χ1) is 8.87. The maximum Gasteiger partial charge on any atom is 0.411 e. The van der Waals surface area contributed by atoms with Crippen molar-refractivity contribution in [2.45, 2.75) is 38.9 Å². The molecule has 0 heterocycles. The van der Waals surface area contributed by atoms with Crippen LogP contribution in [0.3, 0.4) is 0 Å². The molecule has 108 valence electrons. The zero-order valence-electron chi connectivity index (χ0n) is 11.3. The molecule has 0 saturated carbocycles. The Balaban J connectivity index is 2.64. The number of hydrogen-bond acceptors (Lipinski definition) is 2. The third-order valence-electron chi connectivity index (χ3n) is 2.98. The summed E-state index contributed by atoms with van der Waals surface area (Å²) >= 11 is 0. The van der Waals surface area contributed by atoms with Crippen LogP contribution >= 0.6 is 0 Å². The van der Waals surface area contributed by atoms with Crippen molar-refractivity contribution in [1.29, 1.82) is 0 Å². The molecule has 2 nitrogen and oxygen atoms in total. The van der Waals surface area contributed by atoms with Gasteiger partial charge in [0.05, 0.1) is 12.6 Å². The number of nitrogens with two attached hydrogens (primary N) is 1. The van der Waals surface area contributed by atoms with Gasteiger partial charge in [-0.2, -0.15) is 13.2 Å². The number of rotatable bonds is 6. The monoisotopic (exact) mass is 275 g/mol. The Kier molecular flexibility index (Phi) is 5.82. The molecule has 19 heavy (non-hydrogen) atoms. The summed E-state index contributed by atoms with van der Waals surface area (Å²) in [5.74, 6) is 0. The fraction of sp³-hybridized carbons (Fsp3) is 0.571. The van der Waals surface area contributed by atoms with Crippen LogP contribution in [-0.4, -0.2) is 19.4 Å². The maximum atomic E-state index is 12.0. The Morgan fingerprint density at radius 2 is 1.79 bits per heavy atom. The van der Waals surface area contributed by atoms with Crippen molar-refractivity contribution in [2.24, 2.45) is 5.73 Å². The zero-order valence-corrected chi connectivity index (χ0v) is 11.3. The first-order valence-electron chi connectivity index (χ1n) is 6.39. The Labute approximate surface area is 111 Å². The normalized spacial score (nSPS) is 13.6. The predicted molar refractivity (Wildman–Crippen MR) is 69.0 cm³/mol. The fourth-order valence-electron chi connectivity index (χ4n) is 1.95. The molecule has 0 radical (unpaired) electrons. The molecule has 0 aliphatic heterocycles. The van der Waals surface area contributed by atoms with Crippen LogP contribution in [0.25, 0.3) is 0 Å². The highest BCUT2D eigenvalue weighted by Crippen LogP contribution is 2.20. The highest BCUT2D eigenvalue weighted by molar-refractivity contribution is 5.33. The predicted octanol–water partition coefficient (Wildman–Crippen LogP) is 3.39. The molecule has 0 aromatic heterocycles. The Morgan fingerprint density at radius 3 is 2.32 bits per heavy atom. The summed E-state index contributed by atoms with van der Waals surface area (Å²) in [5, 5.41) is 0. The molecular formula is C14H20F3NO. The number of benzene rings is 1. The first kappa shape index (κ1) is 16.0. The number of ether oxygens (including phenoxy) is 1. The number of alkyl halides is 3. The Morgan fingerprint density at radius 1 is 1.16 bits per heavy atom. The summed E-state index contributed by atoms with van der Waals surface area (Å²) in [6.45, 7) is 2.73. The van der Waals surface area contributed by atoms with Crippen LogP contribution in [-0.2, 0) is 17.6 Å². The summed E-state index contributed by atoms with van der Waals surface area (Å²) < 4.78 is 40.5. The highest BCUT2D eigenvalue weighted by atomic mass is 19.4. The van der Waals surface area contributed by atoms with Crippen LogP contribution in [0.15, 0.2) is 18.2 Å². The third-order valence-corrected chi connectivity index (χ3v) is 2.98. The van der Waals surface area contributed by atoms with E-state index >= 15 is 0 Å². The second-order valence-corrected chi connectivity index (χ2v) is 4.47. The lowest BCUT2D eigenvalue weighted by atomic mass is 9.97. The Bertz CT molecular complexity index is 404. The van der Waals surface area contributed by atoms with E-state index in [1.54, 1.807) is 0 Å². The molecule has 0 aliphatic rings. The molecule has 0 saturated heterocycles. The molecule has 0 spiro atoms. The van der Waals surface area contributed by atoms with Crippen LogP contribution < -0.4 is 5.73 Å². The van der Waals surface area contributed by atoms with Gasteiger partial charge in [-0.05, 0) is 29.5 Å². The van der Waals surface area contributed by atoms with E-state index in [0.29, 0.717) is 0 Å². The SMILES string of the molecule is CCc1ccc(C(N)COCC(F)(F)F)cc1CC. The van der Waals surface area contributed by atoms with Crippen LogP contribution in [0.4, 0.5) is 13.2 Å². The second-order valence-electron chi connectivity index (χ2n) is 4.47. The number of hydrogen-bond donors (Lipinski definition) is 1. The maximum absolute atomic E-state index is 12.0. The van der Waals surface area contributed by atoms with Crippen LogP contribution in [0, 0.1) is 0 Å². The fourth-order valence-corrected chi connectivity index (χ4v) is 1.95. The van der Waals surface area contributed by atoms with Gasteiger partial charge in [0, 0.05) is 0 Å². The van der Waals surface area contributed by atoms with Crippen LogP contribution in [0.2, 0.25) is 0 Å². The van der Waals surface area contributed by atoms with Gasteiger partial charge in [0.2, 0.25) is 0 Å². The standard InChI is InChI=1S/C14H20F3NO/c1-3-10-5-6-12(7-11(10)4-2)13(18)8-19-9-14(15,16)17/h5-7,13H,3-4,8-9,18H2,1-2H3. The van der Waals surface area contributed by atoms with Gasteiger partial charge in [-0.15, -0.1) is 0 Å². The molecule has 1 aromatic carbocycles. The number of halogens is 3.